The minimum absolute atomic E-state index is 0.114. The van der Waals surface area contributed by atoms with Crippen LogP contribution in [0.25, 0.3) is 0 Å². The lowest BCUT2D eigenvalue weighted by Gasteiger charge is -2.34. The number of unbranched alkanes of at least 4 members (excludes halogenated alkanes) is 1. The molecule has 1 saturated heterocycles. The summed E-state index contributed by atoms with van der Waals surface area (Å²) in [6.45, 7) is 4.42. The molecule has 0 N–H and O–H groups in total. The average molecular weight is 343 g/mol. The molecule has 110 valence electrons. The third kappa shape index (κ3) is 3.62. The highest BCUT2D eigenvalue weighted by atomic mass is 79.9. The van der Waals surface area contributed by atoms with Crippen LogP contribution in [0.5, 0.6) is 0 Å². The third-order valence-electron chi connectivity index (χ3n) is 3.45. The van der Waals surface area contributed by atoms with E-state index in [1.165, 1.54) is 0 Å². The molecule has 0 radical (unpaired) electrons. The smallest absolute Gasteiger partial charge is 0.289 e. The van der Waals surface area contributed by atoms with Gasteiger partial charge >= 0.3 is 0 Å². The molecule has 0 bridgehead atoms. The van der Waals surface area contributed by atoms with Crippen molar-refractivity contribution in [3.8, 4) is 0 Å². The Morgan fingerprint density at radius 1 is 1.20 bits per heavy atom. The zero-order valence-corrected chi connectivity index (χ0v) is 13.2. The summed E-state index contributed by atoms with van der Waals surface area (Å²) in [6.07, 6.45) is 2.56. The van der Waals surface area contributed by atoms with Gasteiger partial charge in [0, 0.05) is 32.6 Å². The summed E-state index contributed by atoms with van der Waals surface area (Å²) in [7, 11) is 0. The van der Waals surface area contributed by atoms with E-state index in [1.54, 1.807) is 17.0 Å². The number of nitrogens with zero attached hydrogens (tertiary/aromatic N) is 2. The van der Waals surface area contributed by atoms with Crippen molar-refractivity contribution >= 4 is 27.7 Å². The van der Waals surface area contributed by atoms with E-state index >= 15 is 0 Å². The first kappa shape index (κ1) is 15.1. The summed E-state index contributed by atoms with van der Waals surface area (Å²) in [5.74, 6) is 0.415. The molecule has 0 aliphatic carbocycles. The van der Waals surface area contributed by atoms with Crippen molar-refractivity contribution in [1.29, 1.82) is 0 Å². The maximum Gasteiger partial charge on any atom is 0.289 e. The van der Waals surface area contributed by atoms with Crippen molar-refractivity contribution in [2.75, 3.05) is 26.2 Å². The molecule has 0 saturated carbocycles. The number of rotatable bonds is 4. The molecule has 6 heteroatoms. The fraction of sp³-hybridized carbons (Fsp3) is 0.571. The number of hydrogen-bond donors (Lipinski definition) is 0. The van der Waals surface area contributed by atoms with Gasteiger partial charge in [-0.25, -0.2) is 0 Å². The molecule has 0 atom stereocenters. The number of amides is 2. The first-order chi connectivity index (χ1) is 9.61. The molecular formula is C14H19BrN2O3. The van der Waals surface area contributed by atoms with Gasteiger partial charge in [-0.15, -0.1) is 0 Å². The van der Waals surface area contributed by atoms with Gasteiger partial charge in [0.15, 0.2) is 10.4 Å². The van der Waals surface area contributed by atoms with Crippen LogP contribution in [0.3, 0.4) is 0 Å². The molecular weight excluding hydrogens is 324 g/mol. The summed E-state index contributed by atoms with van der Waals surface area (Å²) in [4.78, 5) is 27.6. The number of furan rings is 1. The van der Waals surface area contributed by atoms with Crippen molar-refractivity contribution in [2.45, 2.75) is 26.2 Å². The minimum Gasteiger partial charge on any atom is -0.444 e. The van der Waals surface area contributed by atoms with Gasteiger partial charge in [-0.3, -0.25) is 9.59 Å². The Morgan fingerprint density at radius 3 is 2.40 bits per heavy atom. The van der Waals surface area contributed by atoms with Crippen LogP contribution in [0.15, 0.2) is 21.2 Å². The molecule has 0 aromatic carbocycles. The van der Waals surface area contributed by atoms with Crippen molar-refractivity contribution in [1.82, 2.24) is 9.80 Å². The molecule has 2 amide bonds. The first-order valence-electron chi connectivity index (χ1n) is 6.94. The monoisotopic (exact) mass is 342 g/mol. The van der Waals surface area contributed by atoms with E-state index in [1.807, 2.05) is 4.90 Å². The average Bonchev–Trinajstić information content (AvgIpc) is 2.90. The number of piperazine rings is 1. The standard InChI is InChI=1S/C14H19BrN2O3/c1-2-3-4-13(18)16-7-9-17(10-8-16)14(19)11-5-6-12(15)20-11/h5-6H,2-4,7-10H2,1H3. The van der Waals surface area contributed by atoms with Crippen molar-refractivity contribution in [3.05, 3.63) is 22.6 Å². The lowest BCUT2D eigenvalue weighted by atomic mass is 10.2. The van der Waals surface area contributed by atoms with E-state index in [9.17, 15) is 9.59 Å². The number of carbonyl (C=O) groups is 2. The predicted octanol–water partition coefficient (Wildman–Crippen LogP) is 2.52. The molecule has 0 unspecified atom stereocenters. The molecule has 20 heavy (non-hydrogen) atoms. The Morgan fingerprint density at radius 2 is 1.85 bits per heavy atom. The lowest BCUT2D eigenvalue weighted by molar-refractivity contribution is -0.132. The Labute approximate surface area is 127 Å². The van der Waals surface area contributed by atoms with Crippen LogP contribution in [0, 0.1) is 0 Å². The largest absolute Gasteiger partial charge is 0.444 e. The fourth-order valence-electron chi connectivity index (χ4n) is 2.23. The van der Waals surface area contributed by atoms with Crippen molar-refractivity contribution < 1.29 is 14.0 Å². The van der Waals surface area contributed by atoms with E-state index in [0.717, 1.165) is 12.8 Å². The maximum atomic E-state index is 12.2. The van der Waals surface area contributed by atoms with E-state index < -0.39 is 0 Å². The highest BCUT2D eigenvalue weighted by Gasteiger charge is 2.25. The summed E-state index contributed by atoms with van der Waals surface area (Å²) in [6, 6.07) is 3.36. The highest BCUT2D eigenvalue weighted by Crippen LogP contribution is 2.17. The SMILES string of the molecule is CCCCC(=O)N1CCN(C(=O)c2ccc(Br)o2)CC1. The fourth-order valence-corrected chi connectivity index (χ4v) is 2.54. The lowest BCUT2D eigenvalue weighted by Crippen LogP contribution is -2.50. The number of halogens is 1. The van der Waals surface area contributed by atoms with Gasteiger partial charge in [-0.05, 0) is 34.5 Å². The molecule has 1 aromatic heterocycles. The van der Waals surface area contributed by atoms with Gasteiger partial charge in [0.05, 0.1) is 0 Å². The molecule has 2 rings (SSSR count). The Bertz CT molecular complexity index is 479. The van der Waals surface area contributed by atoms with Crippen LogP contribution in [0.1, 0.15) is 36.7 Å². The number of carbonyl (C=O) groups excluding carboxylic acids is 2. The van der Waals surface area contributed by atoms with Gasteiger partial charge in [0.25, 0.3) is 5.91 Å². The second-order valence-corrected chi connectivity index (χ2v) is 5.66. The van der Waals surface area contributed by atoms with Crippen LogP contribution in [0.2, 0.25) is 0 Å². The Balaban J connectivity index is 1.85. The second-order valence-electron chi connectivity index (χ2n) is 4.88. The Kier molecular flexibility index (Phi) is 5.23. The quantitative estimate of drug-likeness (QED) is 0.844. The van der Waals surface area contributed by atoms with Gasteiger partial charge in [0.2, 0.25) is 5.91 Å². The maximum absolute atomic E-state index is 12.2. The molecule has 1 aliphatic heterocycles. The predicted molar refractivity (Wildman–Crippen MR) is 78.4 cm³/mol. The topological polar surface area (TPSA) is 53.8 Å². The summed E-state index contributed by atoms with van der Waals surface area (Å²) in [5.41, 5.74) is 0. The zero-order chi connectivity index (χ0) is 14.5. The molecule has 5 nitrogen and oxygen atoms in total. The summed E-state index contributed by atoms with van der Waals surface area (Å²) in [5, 5.41) is 0. The summed E-state index contributed by atoms with van der Waals surface area (Å²) < 4.78 is 5.82. The number of hydrogen-bond acceptors (Lipinski definition) is 3. The van der Waals surface area contributed by atoms with E-state index in [2.05, 4.69) is 22.9 Å². The summed E-state index contributed by atoms with van der Waals surface area (Å²) >= 11 is 3.19. The van der Waals surface area contributed by atoms with Gasteiger partial charge in [-0.1, -0.05) is 13.3 Å². The van der Waals surface area contributed by atoms with Crippen LogP contribution in [-0.4, -0.2) is 47.8 Å². The van der Waals surface area contributed by atoms with Gasteiger partial charge < -0.3 is 14.2 Å². The van der Waals surface area contributed by atoms with Crippen molar-refractivity contribution in [3.63, 3.8) is 0 Å². The zero-order valence-electron chi connectivity index (χ0n) is 11.6. The molecule has 2 heterocycles. The molecule has 0 spiro atoms. The molecule has 1 aliphatic rings. The highest BCUT2D eigenvalue weighted by molar-refractivity contribution is 9.10. The van der Waals surface area contributed by atoms with E-state index in [0.29, 0.717) is 43.0 Å². The Hall–Kier alpha value is -1.30. The van der Waals surface area contributed by atoms with Crippen LogP contribution < -0.4 is 0 Å². The molecule has 1 fully saturated rings. The first-order valence-corrected chi connectivity index (χ1v) is 7.73. The van der Waals surface area contributed by atoms with Crippen LogP contribution >= 0.6 is 15.9 Å². The van der Waals surface area contributed by atoms with E-state index in [-0.39, 0.29) is 11.8 Å². The van der Waals surface area contributed by atoms with Gasteiger partial charge in [-0.2, -0.15) is 0 Å². The molecule has 1 aromatic rings. The van der Waals surface area contributed by atoms with Gasteiger partial charge in [0.1, 0.15) is 0 Å². The van der Waals surface area contributed by atoms with Crippen LogP contribution in [0.4, 0.5) is 0 Å². The minimum atomic E-state index is -0.114. The van der Waals surface area contributed by atoms with Crippen LogP contribution in [-0.2, 0) is 4.79 Å². The van der Waals surface area contributed by atoms with E-state index in [4.69, 9.17) is 4.42 Å². The van der Waals surface area contributed by atoms with Crippen molar-refractivity contribution in [2.24, 2.45) is 0 Å². The third-order valence-corrected chi connectivity index (χ3v) is 3.87. The normalized spacial score (nSPS) is 15.5. The second kappa shape index (κ2) is 6.92.